The van der Waals surface area contributed by atoms with Gasteiger partial charge in [0.1, 0.15) is 11.9 Å². The second kappa shape index (κ2) is 7.13. The molecule has 0 fully saturated rings. The number of benzene rings is 1. The van der Waals surface area contributed by atoms with Gasteiger partial charge in [0.15, 0.2) is 0 Å². The Bertz CT molecular complexity index is 450. The molecule has 0 saturated heterocycles. The van der Waals surface area contributed by atoms with Crippen LogP contribution in [0.1, 0.15) is 13.8 Å². The van der Waals surface area contributed by atoms with Gasteiger partial charge in [-0.3, -0.25) is 9.59 Å². The smallest absolute Gasteiger partial charge is 0.250 e. The number of anilines is 1. The molecule has 0 heterocycles. The molecule has 0 aromatic heterocycles. The van der Waals surface area contributed by atoms with Crippen molar-refractivity contribution in [2.45, 2.75) is 19.9 Å². The zero-order chi connectivity index (χ0) is 14.4. The van der Waals surface area contributed by atoms with Crippen LogP contribution in [0, 0.1) is 5.82 Å². The molecule has 104 valence electrons. The lowest BCUT2D eigenvalue weighted by molar-refractivity contribution is -0.125. The Kier molecular flexibility index (Phi) is 5.82. The summed E-state index contributed by atoms with van der Waals surface area (Å²) in [5.41, 5.74) is 0.589. The highest BCUT2D eigenvalue weighted by Crippen LogP contribution is 2.16. The zero-order valence-corrected chi connectivity index (χ0v) is 11.8. The summed E-state index contributed by atoms with van der Waals surface area (Å²) in [5, 5.41) is 2.54. The number of likely N-dealkylation sites (N-methyl/N-ethyl adjacent to an activating group) is 1. The van der Waals surface area contributed by atoms with Gasteiger partial charge in [0.05, 0.1) is 0 Å². The van der Waals surface area contributed by atoms with Gasteiger partial charge in [-0.15, -0.1) is 0 Å². The molecular formula is C13H17FN2O2S. The van der Waals surface area contributed by atoms with Crippen LogP contribution in [0.5, 0.6) is 0 Å². The predicted molar refractivity (Wildman–Crippen MR) is 75.9 cm³/mol. The number of amides is 2. The molecule has 4 nitrogen and oxygen atoms in total. The van der Waals surface area contributed by atoms with E-state index in [2.05, 4.69) is 17.9 Å². The molecule has 6 heteroatoms. The van der Waals surface area contributed by atoms with Gasteiger partial charge < -0.3 is 10.2 Å². The highest BCUT2D eigenvalue weighted by molar-refractivity contribution is 7.80. The van der Waals surface area contributed by atoms with Gasteiger partial charge in [-0.1, -0.05) is 0 Å². The van der Waals surface area contributed by atoms with E-state index in [1.165, 1.54) is 36.1 Å². The van der Waals surface area contributed by atoms with E-state index in [-0.39, 0.29) is 23.4 Å². The fourth-order valence-electron chi connectivity index (χ4n) is 1.71. The van der Waals surface area contributed by atoms with Gasteiger partial charge in [0, 0.05) is 24.9 Å². The van der Waals surface area contributed by atoms with Gasteiger partial charge in [-0.05, 0) is 31.2 Å². The number of nitrogens with one attached hydrogen (secondary N) is 1. The number of rotatable bonds is 5. The Balaban J connectivity index is 2.92. The van der Waals surface area contributed by atoms with Crippen LogP contribution in [0.4, 0.5) is 10.1 Å². The SMILES string of the molecule is CCN(C(=O)C(CS)NC(C)=O)c1ccc(F)cc1. The lowest BCUT2D eigenvalue weighted by Gasteiger charge is -2.26. The minimum atomic E-state index is -0.689. The van der Waals surface area contributed by atoms with Crippen LogP contribution in [0.15, 0.2) is 24.3 Å². The molecule has 0 spiro atoms. The number of hydrogen-bond donors (Lipinski definition) is 2. The molecule has 1 unspecified atom stereocenters. The second-order valence-corrected chi connectivity index (χ2v) is 4.36. The van der Waals surface area contributed by atoms with Crippen molar-refractivity contribution in [1.29, 1.82) is 0 Å². The molecule has 0 aliphatic heterocycles. The van der Waals surface area contributed by atoms with E-state index in [1.807, 2.05) is 6.92 Å². The van der Waals surface area contributed by atoms with Crippen molar-refractivity contribution >= 4 is 30.1 Å². The van der Waals surface area contributed by atoms with E-state index in [0.717, 1.165) is 0 Å². The molecule has 1 atom stereocenters. The largest absolute Gasteiger partial charge is 0.344 e. The molecule has 1 aromatic carbocycles. The molecule has 19 heavy (non-hydrogen) atoms. The average Bonchev–Trinajstić information content (AvgIpc) is 2.38. The van der Waals surface area contributed by atoms with Gasteiger partial charge in [-0.2, -0.15) is 12.6 Å². The van der Waals surface area contributed by atoms with E-state index in [1.54, 1.807) is 0 Å². The number of carbonyl (C=O) groups is 2. The number of nitrogens with zero attached hydrogens (tertiary/aromatic N) is 1. The summed E-state index contributed by atoms with van der Waals surface area (Å²) in [5.74, 6) is -0.711. The van der Waals surface area contributed by atoms with Crippen molar-refractivity contribution in [1.82, 2.24) is 5.32 Å². The predicted octanol–water partition coefficient (Wildman–Crippen LogP) is 1.61. The van der Waals surface area contributed by atoms with E-state index in [0.29, 0.717) is 12.2 Å². The van der Waals surface area contributed by atoms with E-state index < -0.39 is 6.04 Å². The van der Waals surface area contributed by atoms with Crippen LogP contribution in [0.25, 0.3) is 0 Å². The second-order valence-electron chi connectivity index (χ2n) is 3.99. The molecule has 0 aliphatic rings. The standard InChI is InChI=1S/C13H17FN2O2S/c1-3-16(11-6-4-10(14)5-7-11)13(18)12(8-19)15-9(2)17/h4-7,12,19H,3,8H2,1-2H3,(H,15,17). The number of thiol groups is 1. The Morgan fingerprint density at radius 2 is 1.95 bits per heavy atom. The Hall–Kier alpha value is -1.56. The molecule has 1 N–H and O–H groups in total. The minimum absolute atomic E-state index is 0.204. The topological polar surface area (TPSA) is 49.4 Å². The first-order valence-corrected chi connectivity index (χ1v) is 6.57. The van der Waals surface area contributed by atoms with Crippen LogP contribution in [-0.4, -0.2) is 30.2 Å². The first kappa shape index (κ1) is 15.5. The molecule has 0 aliphatic carbocycles. The van der Waals surface area contributed by atoms with Gasteiger partial charge >= 0.3 is 0 Å². The van der Waals surface area contributed by atoms with Crippen molar-refractivity contribution in [2.75, 3.05) is 17.2 Å². The number of hydrogen-bond acceptors (Lipinski definition) is 3. The van der Waals surface area contributed by atoms with Crippen molar-refractivity contribution in [2.24, 2.45) is 0 Å². The van der Waals surface area contributed by atoms with Crippen molar-refractivity contribution in [3.05, 3.63) is 30.1 Å². The Morgan fingerprint density at radius 1 is 1.37 bits per heavy atom. The minimum Gasteiger partial charge on any atom is -0.344 e. The van der Waals surface area contributed by atoms with Crippen LogP contribution in [0.3, 0.4) is 0 Å². The average molecular weight is 284 g/mol. The summed E-state index contributed by atoms with van der Waals surface area (Å²) >= 11 is 4.07. The fraction of sp³-hybridized carbons (Fsp3) is 0.385. The number of halogens is 1. The zero-order valence-electron chi connectivity index (χ0n) is 10.9. The normalized spacial score (nSPS) is 11.8. The summed E-state index contributed by atoms with van der Waals surface area (Å²) in [6.45, 7) is 3.58. The van der Waals surface area contributed by atoms with E-state index >= 15 is 0 Å². The molecule has 0 bridgehead atoms. The van der Waals surface area contributed by atoms with Gasteiger partial charge in [-0.25, -0.2) is 4.39 Å². The lowest BCUT2D eigenvalue weighted by atomic mass is 10.2. The highest BCUT2D eigenvalue weighted by Gasteiger charge is 2.24. The summed E-state index contributed by atoms with van der Waals surface area (Å²) in [4.78, 5) is 24.8. The first-order valence-electron chi connectivity index (χ1n) is 5.94. The number of carbonyl (C=O) groups excluding carboxylic acids is 2. The quantitative estimate of drug-likeness (QED) is 0.807. The molecular weight excluding hydrogens is 267 g/mol. The molecule has 1 rings (SSSR count). The lowest BCUT2D eigenvalue weighted by Crippen LogP contribution is -2.49. The maximum absolute atomic E-state index is 12.9. The van der Waals surface area contributed by atoms with Crippen molar-refractivity contribution in [3.8, 4) is 0 Å². The third-order valence-corrected chi connectivity index (χ3v) is 2.94. The molecule has 2 amide bonds. The maximum Gasteiger partial charge on any atom is 0.250 e. The van der Waals surface area contributed by atoms with Crippen molar-refractivity contribution in [3.63, 3.8) is 0 Å². The van der Waals surface area contributed by atoms with Crippen LogP contribution in [-0.2, 0) is 9.59 Å². The molecule has 0 radical (unpaired) electrons. The maximum atomic E-state index is 12.9. The summed E-state index contributed by atoms with van der Waals surface area (Å²) in [6.07, 6.45) is 0. The summed E-state index contributed by atoms with van der Waals surface area (Å²) in [7, 11) is 0. The third kappa shape index (κ3) is 4.24. The Labute approximate surface area is 117 Å². The van der Waals surface area contributed by atoms with E-state index in [4.69, 9.17) is 0 Å². The molecule has 1 aromatic rings. The van der Waals surface area contributed by atoms with E-state index in [9.17, 15) is 14.0 Å². The van der Waals surface area contributed by atoms with Gasteiger partial charge in [0.25, 0.3) is 0 Å². The van der Waals surface area contributed by atoms with Gasteiger partial charge in [0.2, 0.25) is 11.8 Å². The highest BCUT2D eigenvalue weighted by atomic mass is 32.1. The van der Waals surface area contributed by atoms with Crippen LogP contribution in [0.2, 0.25) is 0 Å². The monoisotopic (exact) mass is 284 g/mol. The third-order valence-electron chi connectivity index (χ3n) is 2.58. The summed E-state index contributed by atoms with van der Waals surface area (Å²) < 4.78 is 12.9. The summed E-state index contributed by atoms with van der Waals surface area (Å²) in [6, 6.07) is 4.95. The van der Waals surface area contributed by atoms with Crippen LogP contribution < -0.4 is 10.2 Å². The first-order chi connectivity index (χ1) is 8.99. The Morgan fingerprint density at radius 3 is 2.37 bits per heavy atom. The molecule has 0 saturated carbocycles. The van der Waals surface area contributed by atoms with Crippen LogP contribution >= 0.6 is 12.6 Å². The fourth-order valence-corrected chi connectivity index (χ4v) is 1.95. The van der Waals surface area contributed by atoms with Crippen molar-refractivity contribution < 1.29 is 14.0 Å².